The van der Waals surface area contributed by atoms with E-state index >= 15 is 0 Å². The molecule has 1 aromatic carbocycles. The number of oxazole rings is 1. The van der Waals surface area contributed by atoms with Crippen molar-refractivity contribution < 1.29 is 4.42 Å². The molecule has 5 nitrogen and oxygen atoms in total. The summed E-state index contributed by atoms with van der Waals surface area (Å²) in [5.41, 5.74) is 2.03. The van der Waals surface area contributed by atoms with Gasteiger partial charge in [0.25, 0.3) is 0 Å². The Kier molecular flexibility index (Phi) is 8.42. The number of aromatic nitrogens is 1. The summed E-state index contributed by atoms with van der Waals surface area (Å²) in [5, 5.41) is 4.45. The van der Waals surface area contributed by atoms with Crippen molar-refractivity contribution in [1.82, 2.24) is 20.1 Å². The Morgan fingerprint density at radius 3 is 2.42 bits per heavy atom. The summed E-state index contributed by atoms with van der Waals surface area (Å²) in [4.78, 5) is 9.92. The zero-order valence-corrected chi connectivity index (χ0v) is 19.7. The van der Waals surface area contributed by atoms with Gasteiger partial charge in [0, 0.05) is 30.2 Å². The van der Waals surface area contributed by atoms with Crippen LogP contribution in [0.15, 0.2) is 28.7 Å². The molecule has 0 radical (unpaired) electrons. The number of nitrogens with zero attached hydrogens (tertiary/aromatic N) is 3. The van der Waals surface area contributed by atoms with E-state index in [1.807, 2.05) is 31.2 Å². The van der Waals surface area contributed by atoms with Crippen LogP contribution in [0.4, 0.5) is 0 Å². The van der Waals surface area contributed by atoms with Crippen molar-refractivity contribution in [3.05, 3.63) is 40.7 Å². The zero-order chi connectivity index (χ0) is 21.5. The normalized spacial score (nSPS) is 19.5. The second-order valence-electron chi connectivity index (χ2n) is 9.21. The van der Waals surface area contributed by atoms with Crippen LogP contribution in [-0.4, -0.2) is 60.6 Å². The highest BCUT2D eigenvalue weighted by Gasteiger charge is 2.21. The van der Waals surface area contributed by atoms with Gasteiger partial charge in [-0.15, -0.1) is 0 Å². The molecule has 0 unspecified atom stereocenters. The monoisotopic (exact) mass is 444 g/mol. The standard InChI is InChI=1S/C25H37ClN4O/c1-20-24(28-25(31-20)22-6-8-23(26)9-7-22)19-30-15-10-21(11-16-30)18-27-12-17-29-13-4-2-3-5-14-29/h6-9,21,27H,2-5,10-19H2,1H3. The van der Waals surface area contributed by atoms with E-state index in [1.54, 1.807) is 0 Å². The topological polar surface area (TPSA) is 44.5 Å². The molecule has 0 atom stereocenters. The third-order valence-electron chi connectivity index (χ3n) is 6.80. The van der Waals surface area contributed by atoms with Crippen molar-refractivity contribution in [2.24, 2.45) is 5.92 Å². The second kappa shape index (κ2) is 11.5. The minimum absolute atomic E-state index is 0.688. The van der Waals surface area contributed by atoms with Crippen LogP contribution in [-0.2, 0) is 6.54 Å². The smallest absolute Gasteiger partial charge is 0.226 e. The minimum Gasteiger partial charge on any atom is -0.441 e. The van der Waals surface area contributed by atoms with Crippen molar-refractivity contribution in [2.45, 2.75) is 52.0 Å². The Morgan fingerprint density at radius 1 is 1.00 bits per heavy atom. The van der Waals surface area contributed by atoms with E-state index in [-0.39, 0.29) is 0 Å². The quantitative estimate of drug-likeness (QED) is 0.581. The van der Waals surface area contributed by atoms with E-state index in [4.69, 9.17) is 21.0 Å². The molecule has 2 aliphatic heterocycles. The number of piperidine rings is 1. The van der Waals surface area contributed by atoms with Gasteiger partial charge in [-0.3, -0.25) is 4.90 Å². The Bertz CT molecular complexity index is 790. The Labute approximate surface area is 192 Å². The molecule has 0 amide bonds. The van der Waals surface area contributed by atoms with E-state index in [1.165, 1.54) is 58.2 Å². The van der Waals surface area contributed by atoms with Crippen molar-refractivity contribution >= 4 is 11.6 Å². The molecule has 6 heteroatoms. The fourth-order valence-corrected chi connectivity index (χ4v) is 4.88. The average molecular weight is 445 g/mol. The molecule has 4 rings (SSSR count). The molecule has 2 fully saturated rings. The molecule has 3 heterocycles. The van der Waals surface area contributed by atoms with Crippen LogP contribution in [0.1, 0.15) is 50.0 Å². The maximum Gasteiger partial charge on any atom is 0.226 e. The molecular weight excluding hydrogens is 408 g/mol. The number of nitrogens with one attached hydrogen (secondary N) is 1. The molecule has 0 bridgehead atoms. The van der Waals surface area contributed by atoms with E-state index < -0.39 is 0 Å². The van der Waals surface area contributed by atoms with Gasteiger partial charge in [0.2, 0.25) is 5.89 Å². The van der Waals surface area contributed by atoms with Gasteiger partial charge < -0.3 is 14.6 Å². The highest BCUT2D eigenvalue weighted by molar-refractivity contribution is 6.30. The van der Waals surface area contributed by atoms with Gasteiger partial charge in [-0.2, -0.15) is 0 Å². The summed E-state index contributed by atoms with van der Waals surface area (Å²) < 4.78 is 5.93. The average Bonchev–Trinajstić information content (AvgIpc) is 2.97. The van der Waals surface area contributed by atoms with E-state index in [0.29, 0.717) is 5.89 Å². The third kappa shape index (κ3) is 6.79. The van der Waals surface area contributed by atoms with Crippen molar-refractivity contribution in [3.63, 3.8) is 0 Å². The summed E-state index contributed by atoms with van der Waals surface area (Å²) in [5.74, 6) is 2.40. The number of likely N-dealkylation sites (tertiary alicyclic amines) is 2. The zero-order valence-electron chi connectivity index (χ0n) is 18.9. The van der Waals surface area contributed by atoms with Crippen molar-refractivity contribution in [1.29, 1.82) is 0 Å². The number of halogens is 1. The van der Waals surface area contributed by atoms with Gasteiger partial charge in [-0.1, -0.05) is 24.4 Å². The van der Waals surface area contributed by atoms with Gasteiger partial charge >= 0.3 is 0 Å². The Balaban J connectivity index is 1.17. The first kappa shape index (κ1) is 22.8. The van der Waals surface area contributed by atoms with Crippen LogP contribution in [0.2, 0.25) is 5.02 Å². The van der Waals surface area contributed by atoms with E-state index in [2.05, 4.69) is 15.1 Å². The highest BCUT2D eigenvalue weighted by atomic mass is 35.5. The molecule has 1 aromatic heterocycles. The largest absolute Gasteiger partial charge is 0.441 e. The predicted molar refractivity (Wildman–Crippen MR) is 127 cm³/mol. The maximum atomic E-state index is 5.99. The molecule has 31 heavy (non-hydrogen) atoms. The minimum atomic E-state index is 0.688. The number of benzene rings is 1. The Hall–Kier alpha value is -1.40. The fraction of sp³-hybridized carbons (Fsp3) is 0.640. The second-order valence-corrected chi connectivity index (χ2v) is 9.64. The molecule has 2 saturated heterocycles. The molecule has 0 aliphatic carbocycles. The fourth-order valence-electron chi connectivity index (χ4n) is 4.75. The number of rotatable bonds is 8. The predicted octanol–water partition coefficient (Wildman–Crippen LogP) is 4.98. The van der Waals surface area contributed by atoms with Crippen LogP contribution >= 0.6 is 11.6 Å². The van der Waals surface area contributed by atoms with Crippen LogP contribution < -0.4 is 5.32 Å². The van der Waals surface area contributed by atoms with E-state index in [9.17, 15) is 0 Å². The summed E-state index contributed by atoms with van der Waals surface area (Å²) in [6.07, 6.45) is 8.11. The first-order valence-corrected chi connectivity index (χ1v) is 12.4. The molecule has 2 aromatic rings. The number of hydrogen-bond donors (Lipinski definition) is 1. The molecule has 2 aliphatic rings. The van der Waals surface area contributed by atoms with Crippen LogP contribution in [0.25, 0.3) is 11.5 Å². The molecule has 170 valence electrons. The third-order valence-corrected chi connectivity index (χ3v) is 7.05. The lowest BCUT2D eigenvalue weighted by Crippen LogP contribution is -2.39. The van der Waals surface area contributed by atoms with Gasteiger partial charge in [-0.05, 0) is 95.5 Å². The summed E-state index contributed by atoms with van der Waals surface area (Å²) >= 11 is 5.99. The summed E-state index contributed by atoms with van der Waals surface area (Å²) in [6.45, 7) is 11.3. The van der Waals surface area contributed by atoms with Gasteiger partial charge in [0.05, 0.1) is 5.69 Å². The first-order chi connectivity index (χ1) is 15.2. The molecule has 1 N–H and O–H groups in total. The lowest BCUT2D eigenvalue weighted by Gasteiger charge is -2.31. The molecular formula is C25H37ClN4O. The van der Waals surface area contributed by atoms with Gasteiger partial charge in [0.1, 0.15) is 5.76 Å². The number of aryl methyl sites for hydroxylation is 1. The van der Waals surface area contributed by atoms with Crippen molar-refractivity contribution in [2.75, 3.05) is 45.8 Å². The lowest BCUT2D eigenvalue weighted by atomic mass is 9.96. The number of hydrogen-bond acceptors (Lipinski definition) is 5. The maximum absolute atomic E-state index is 5.99. The van der Waals surface area contributed by atoms with Gasteiger partial charge in [-0.25, -0.2) is 4.98 Å². The first-order valence-electron chi connectivity index (χ1n) is 12.0. The Morgan fingerprint density at radius 2 is 1.71 bits per heavy atom. The van der Waals surface area contributed by atoms with Gasteiger partial charge in [0.15, 0.2) is 0 Å². The SMILES string of the molecule is Cc1oc(-c2ccc(Cl)cc2)nc1CN1CCC(CNCCN2CCCCCC2)CC1. The highest BCUT2D eigenvalue weighted by Crippen LogP contribution is 2.25. The van der Waals surface area contributed by atoms with E-state index in [0.717, 1.165) is 60.7 Å². The van der Waals surface area contributed by atoms with Crippen LogP contribution in [0.5, 0.6) is 0 Å². The van der Waals surface area contributed by atoms with Crippen LogP contribution in [0.3, 0.4) is 0 Å². The molecule has 0 spiro atoms. The lowest BCUT2D eigenvalue weighted by molar-refractivity contribution is 0.172. The summed E-state index contributed by atoms with van der Waals surface area (Å²) in [7, 11) is 0. The van der Waals surface area contributed by atoms with Crippen LogP contribution in [0, 0.1) is 12.8 Å². The van der Waals surface area contributed by atoms with Crippen molar-refractivity contribution in [3.8, 4) is 11.5 Å². The summed E-state index contributed by atoms with van der Waals surface area (Å²) in [6, 6.07) is 7.68. The molecule has 0 saturated carbocycles.